The highest BCUT2D eigenvalue weighted by Crippen LogP contribution is 2.21. The molecule has 1 aromatic rings. The fourth-order valence-electron chi connectivity index (χ4n) is 2.27. The van der Waals surface area contributed by atoms with Gasteiger partial charge in [-0.1, -0.05) is 16.8 Å². The van der Waals surface area contributed by atoms with Crippen molar-refractivity contribution in [1.82, 2.24) is 4.90 Å². The van der Waals surface area contributed by atoms with Crippen LogP contribution < -0.4 is 5.73 Å². The van der Waals surface area contributed by atoms with E-state index in [0.29, 0.717) is 31.5 Å². The Morgan fingerprint density at radius 3 is 2.65 bits per heavy atom. The zero-order valence-corrected chi connectivity index (χ0v) is 11.5. The Hall–Kier alpha value is -1.82. The van der Waals surface area contributed by atoms with Gasteiger partial charge in [0.05, 0.1) is 5.02 Å². The number of nitrogens with two attached hydrogens (primary N) is 1. The molecule has 7 heteroatoms. The number of carbonyl (C=O) groups excluding carboxylic acids is 1. The Bertz CT molecular complexity index is 542. The molecule has 0 unspecified atom stereocenters. The summed E-state index contributed by atoms with van der Waals surface area (Å²) in [4.78, 5) is 13.9. The summed E-state index contributed by atoms with van der Waals surface area (Å²) in [6.07, 6.45) is 1.27. The lowest BCUT2D eigenvalue weighted by atomic mass is 9.95. The minimum absolute atomic E-state index is 0.0131. The molecule has 0 saturated carbocycles. The number of benzene rings is 1. The van der Waals surface area contributed by atoms with E-state index in [9.17, 15) is 9.18 Å². The van der Waals surface area contributed by atoms with E-state index in [2.05, 4.69) is 5.16 Å². The first kappa shape index (κ1) is 14.6. The van der Waals surface area contributed by atoms with Crippen molar-refractivity contribution in [3.63, 3.8) is 0 Å². The van der Waals surface area contributed by atoms with Crippen molar-refractivity contribution in [3.8, 4) is 0 Å². The van der Waals surface area contributed by atoms with Gasteiger partial charge < -0.3 is 15.8 Å². The summed E-state index contributed by atoms with van der Waals surface area (Å²) in [6, 6.07) is 3.92. The van der Waals surface area contributed by atoms with Gasteiger partial charge in [0.2, 0.25) is 0 Å². The van der Waals surface area contributed by atoms with Crippen LogP contribution in [0, 0.1) is 11.7 Å². The Kier molecular flexibility index (Phi) is 4.44. The van der Waals surface area contributed by atoms with E-state index in [0.717, 1.165) is 0 Å². The number of hydrogen-bond donors (Lipinski definition) is 2. The van der Waals surface area contributed by atoms with Crippen molar-refractivity contribution < 1.29 is 14.4 Å². The first-order chi connectivity index (χ1) is 9.52. The van der Waals surface area contributed by atoms with Gasteiger partial charge >= 0.3 is 0 Å². The fourth-order valence-corrected chi connectivity index (χ4v) is 2.45. The van der Waals surface area contributed by atoms with Gasteiger partial charge in [0.1, 0.15) is 11.7 Å². The van der Waals surface area contributed by atoms with E-state index in [4.69, 9.17) is 22.5 Å². The van der Waals surface area contributed by atoms with Gasteiger partial charge in [-0.05, 0) is 31.0 Å². The number of likely N-dealkylation sites (tertiary alicyclic amines) is 1. The number of oxime groups is 1. The van der Waals surface area contributed by atoms with Crippen molar-refractivity contribution >= 4 is 23.3 Å². The first-order valence-corrected chi connectivity index (χ1v) is 6.62. The molecule has 1 heterocycles. The van der Waals surface area contributed by atoms with E-state index in [1.54, 1.807) is 4.90 Å². The third-order valence-electron chi connectivity index (χ3n) is 3.48. The van der Waals surface area contributed by atoms with E-state index in [1.807, 2.05) is 0 Å². The first-order valence-electron chi connectivity index (χ1n) is 6.24. The molecule has 20 heavy (non-hydrogen) atoms. The number of amidine groups is 1. The Morgan fingerprint density at radius 1 is 1.45 bits per heavy atom. The number of hydrogen-bond acceptors (Lipinski definition) is 3. The second-order valence-electron chi connectivity index (χ2n) is 4.72. The van der Waals surface area contributed by atoms with Gasteiger partial charge in [-0.2, -0.15) is 0 Å². The van der Waals surface area contributed by atoms with Crippen LogP contribution in [0.4, 0.5) is 4.39 Å². The molecule has 1 saturated heterocycles. The van der Waals surface area contributed by atoms with Crippen LogP contribution in [0.5, 0.6) is 0 Å². The average molecular weight is 300 g/mol. The quantitative estimate of drug-likeness (QED) is 0.380. The van der Waals surface area contributed by atoms with Gasteiger partial charge in [0.25, 0.3) is 5.91 Å². The molecule has 108 valence electrons. The number of rotatable bonds is 2. The standard InChI is InChI=1S/C13H15ClFN3O2/c14-10-7-9(1-2-11(10)15)13(19)18-5-3-8(4-6-18)12(16)17-20/h1-2,7-8,20H,3-6H2,(H2,16,17). The van der Waals surface area contributed by atoms with Gasteiger partial charge in [0, 0.05) is 24.6 Å². The summed E-state index contributed by atoms with van der Waals surface area (Å²) < 4.78 is 13.1. The molecule has 0 radical (unpaired) electrons. The lowest BCUT2D eigenvalue weighted by Gasteiger charge is -2.31. The lowest BCUT2D eigenvalue weighted by molar-refractivity contribution is 0.0709. The summed E-state index contributed by atoms with van der Waals surface area (Å²) in [7, 11) is 0. The molecular formula is C13H15ClFN3O2. The van der Waals surface area contributed by atoms with Crippen molar-refractivity contribution in [2.45, 2.75) is 12.8 Å². The molecule has 0 spiro atoms. The molecule has 3 N–H and O–H groups in total. The molecule has 2 rings (SSSR count). The Balaban J connectivity index is 2.03. The molecule has 0 bridgehead atoms. The number of halogens is 2. The average Bonchev–Trinajstić information content (AvgIpc) is 2.48. The molecule has 5 nitrogen and oxygen atoms in total. The van der Waals surface area contributed by atoms with Gasteiger partial charge in [0.15, 0.2) is 0 Å². The maximum absolute atomic E-state index is 13.1. The molecule has 1 aromatic carbocycles. The molecule has 0 aliphatic carbocycles. The SMILES string of the molecule is N/C(=N/O)C1CCN(C(=O)c2ccc(F)c(Cl)c2)CC1. The number of nitrogens with zero attached hydrogens (tertiary/aromatic N) is 2. The summed E-state index contributed by atoms with van der Waals surface area (Å²) >= 11 is 5.67. The molecule has 1 amide bonds. The third kappa shape index (κ3) is 3.01. The summed E-state index contributed by atoms with van der Waals surface area (Å²) in [6.45, 7) is 1.02. The van der Waals surface area contributed by atoms with Gasteiger partial charge in [-0.3, -0.25) is 4.79 Å². The van der Waals surface area contributed by atoms with E-state index in [-0.39, 0.29) is 22.7 Å². The van der Waals surface area contributed by atoms with Gasteiger partial charge in [-0.25, -0.2) is 4.39 Å². The van der Waals surface area contributed by atoms with Crippen LogP contribution in [0.1, 0.15) is 23.2 Å². The van der Waals surface area contributed by atoms with Crippen LogP contribution in [-0.4, -0.2) is 34.9 Å². The van der Waals surface area contributed by atoms with E-state index >= 15 is 0 Å². The van der Waals surface area contributed by atoms with Crippen molar-refractivity contribution in [2.75, 3.05) is 13.1 Å². The zero-order chi connectivity index (χ0) is 14.7. The molecule has 1 aliphatic heterocycles. The maximum atomic E-state index is 13.1. The number of amides is 1. The molecule has 1 aliphatic rings. The zero-order valence-electron chi connectivity index (χ0n) is 10.7. The van der Waals surface area contributed by atoms with Crippen LogP contribution in [0.25, 0.3) is 0 Å². The summed E-state index contributed by atoms with van der Waals surface area (Å²) in [5, 5.41) is 11.6. The van der Waals surface area contributed by atoms with Crippen LogP contribution in [0.3, 0.4) is 0 Å². The maximum Gasteiger partial charge on any atom is 0.253 e. The molecule has 1 fully saturated rings. The Labute approximate surface area is 120 Å². The third-order valence-corrected chi connectivity index (χ3v) is 3.77. The monoisotopic (exact) mass is 299 g/mol. The highest BCUT2D eigenvalue weighted by atomic mass is 35.5. The minimum atomic E-state index is -0.547. The fraction of sp³-hybridized carbons (Fsp3) is 0.385. The van der Waals surface area contributed by atoms with E-state index < -0.39 is 5.82 Å². The van der Waals surface area contributed by atoms with Crippen LogP contribution in [0.15, 0.2) is 23.4 Å². The largest absolute Gasteiger partial charge is 0.409 e. The lowest BCUT2D eigenvalue weighted by Crippen LogP contribution is -2.41. The molecular weight excluding hydrogens is 285 g/mol. The summed E-state index contributed by atoms with van der Waals surface area (Å²) in [5.74, 6) is -0.554. The molecule has 0 atom stereocenters. The predicted octanol–water partition coefficient (Wildman–Crippen LogP) is 2.08. The van der Waals surface area contributed by atoms with E-state index in [1.165, 1.54) is 18.2 Å². The number of carbonyl (C=O) groups is 1. The smallest absolute Gasteiger partial charge is 0.253 e. The second-order valence-corrected chi connectivity index (χ2v) is 5.13. The summed E-state index contributed by atoms with van der Waals surface area (Å²) in [5.41, 5.74) is 5.91. The predicted molar refractivity (Wildman–Crippen MR) is 73.4 cm³/mol. The Morgan fingerprint density at radius 2 is 2.10 bits per heavy atom. The minimum Gasteiger partial charge on any atom is -0.409 e. The topological polar surface area (TPSA) is 78.9 Å². The van der Waals surface area contributed by atoms with Crippen molar-refractivity contribution in [2.24, 2.45) is 16.8 Å². The van der Waals surface area contributed by atoms with Gasteiger partial charge in [-0.15, -0.1) is 0 Å². The number of piperidine rings is 1. The van der Waals surface area contributed by atoms with Crippen LogP contribution >= 0.6 is 11.6 Å². The second kappa shape index (κ2) is 6.09. The van der Waals surface area contributed by atoms with Crippen molar-refractivity contribution in [1.29, 1.82) is 0 Å². The van der Waals surface area contributed by atoms with Crippen LogP contribution in [0.2, 0.25) is 5.02 Å². The molecule has 0 aromatic heterocycles. The highest BCUT2D eigenvalue weighted by Gasteiger charge is 2.26. The van der Waals surface area contributed by atoms with Crippen LogP contribution in [-0.2, 0) is 0 Å². The van der Waals surface area contributed by atoms with Crippen molar-refractivity contribution in [3.05, 3.63) is 34.6 Å². The highest BCUT2D eigenvalue weighted by molar-refractivity contribution is 6.31. The normalized spacial score (nSPS) is 17.3.